The molecule has 10 heteroatoms. The van der Waals surface area contributed by atoms with Crippen molar-refractivity contribution >= 4 is 64.8 Å². The average molecular weight is 560 g/mol. The molecule has 6 nitrogen and oxygen atoms in total. The smallest absolute Gasteiger partial charge is 0.308 e. The molecule has 0 radical (unpaired) electrons. The van der Waals surface area contributed by atoms with Crippen molar-refractivity contribution in [2.75, 3.05) is 32.5 Å². The molecular weight excluding hydrogens is 527 g/mol. The number of pyridine rings is 1. The predicted molar refractivity (Wildman–Crippen MR) is 148 cm³/mol. The Morgan fingerprint density at radius 2 is 2.14 bits per heavy atom. The second-order valence-corrected chi connectivity index (χ2v) is 10.8. The highest BCUT2D eigenvalue weighted by molar-refractivity contribution is 8.01. The maximum atomic E-state index is 12.0. The van der Waals surface area contributed by atoms with Crippen molar-refractivity contribution in [2.24, 2.45) is 11.8 Å². The number of carboxylic acids is 1. The number of carboxylic acid groups (broad SMARTS) is 1. The van der Waals surface area contributed by atoms with Crippen LogP contribution < -0.4 is 4.74 Å². The summed E-state index contributed by atoms with van der Waals surface area (Å²) in [5.41, 5.74) is 1.62. The van der Waals surface area contributed by atoms with Gasteiger partial charge in [0.05, 0.1) is 28.9 Å². The molecule has 3 heterocycles. The number of thioether (sulfide) groups is 1. The summed E-state index contributed by atoms with van der Waals surface area (Å²) in [5.74, 6) is 0.631. The maximum absolute atomic E-state index is 12.0. The van der Waals surface area contributed by atoms with Crippen LogP contribution in [0.3, 0.4) is 0 Å². The summed E-state index contributed by atoms with van der Waals surface area (Å²) >= 11 is 3.57. The summed E-state index contributed by atoms with van der Waals surface area (Å²) in [7, 11) is 1.62. The number of hydrogen-bond acceptors (Lipinski definition) is 7. The first kappa shape index (κ1) is 29.7. The van der Waals surface area contributed by atoms with E-state index in [1.54, 1.807) is 24.6 Å². The molecule has 1 fully saturated rings. The Kier molecular flexibility index (Phi) is 12.1. The first-order valence-corrected chi connectivity index (χ1v) is 13.1. The molecule has 35 heavy (non-hydrogen) atoms. The van der Waals surface area contributed by atoms with Crippen molar-refractivity contribution in [1.82, 2.24) is 9.88 Å². The van der Waals surface area contributed by atoms with E-state index in [0.717, 1.165) is 47.5 Å². The summed E-state index contributed by atoms with van der Waals surface area (Å²) in [6.45, 7) is 2.38. The number of piperidine rings is 1. The number of methoxy groups -OCH3 is 1. The van der Waals surface area contributed by atoms with Crippen molar-refractivity contribution in [3.63, 3.8) is 0 Å². The van der Waals surface area contributed by atoms with Gasteiger partial charge in [0.15, 0.2) is 0 Å². The fourth-order valence-corrected chi connectivity index (χ4v) is 6.47. The average Bonchev–Trinajstić information content (AvgIpc) is 3.35. The number of benzene rings is 1. The molecule has 0 saturated carbocycles. The Bertz CT molecular complexity index is 1070. The lowest BCUT2D eigenvalue weighted by atomic mass is 9.81. The Balaban J connectivity index is 0.00000216. The molecule has 3 atom stereocenters. The van der Waals surface area contributed by atoms with Gasteiger partial charge >= 0.3 is 5.97 Å². The zero-order valence-electron chi connectivity index (χ0n) is 19.5. The summed E-state index contributed by atoms with van der Waals surface area (Å²) in [4.78, 5) is 18.7. The van der Waals surface area contributed by atoms with E-state index < -0.39 is 18.0 Å². The van der Waals surface area contributed by atoms with Crippen LogP contribution in [0.1, 0.15) is 30.9 Å². The van der Waals surface area contributed by atoms with Gasteiger partial charge in [-0.15, -0.1) is 47.9 Å². The summed E-state index contributed by atoms with van der Waals surface area (Å²) in [6, 6.07) is 11.7. The van der Waals surface area contributed by atoms with Gasteiger partial charge in [-0.05, 0) is 73.0 Å². The summed E-state index contributed by atoms with van der Waals surface area (Å²) in [6.07, 6.45) is 3.10. The first-order chi connectivity index (χ1) is 16.0. The van der Waals surface area contributed by atoms with Gasteiger partial charge in [-0.2, -0.15) is 0 Å². The van der Waals surface area contributed by atoms with Gasteiger partial charge in [-0.25, -0.2) is 0 Å². The lowest BCUT2D eigenvalue weighted by molar-refractivity contribution is -0.146. The van der Waals surface area contributed by atoms with Crippen LogP contribution in [0.25, 0.3) is 10.9 Å². The molecule has 2 N–H and O–H groups in total. The molecule has 0 aliphatic carbocycles. The molecule has 4 rings (SSSR count). The normalized spacial score (nSPS) is 18.9. The van der Waals surface area contributed by atoms with E-state index in [9.17, 15) is 15.0 Å². The van der Waals surface area contributed by atoms with Crippen LogP contribution in [0.5, 0.6) is 5.75 Å². The molecule has 1 aliphatic rings. The number of carbonyl (C=O) groups is 1. The molecular formula is C25H32Cl2N2O4S2. The first-order valence-electron chi connectivity index (χ1n) is 11.3. The maximum Gasteiger partial charge on any atom is 0.308 e. The molecule has 2 aromatic heterocycles. The summed E-state index contributed by atoms with van der Waals surface area (Å²) < 4.78 is 6.63. The van der Waals surface area contributed by atoms with Crippen molar-refractivity contribution in [2.45, 2.75) is 29.6 Å². The zero-order valence-corrected chi connectivity index (χ0v) is 22.8. The SMILES string of the molecule is COc1ccc2nccc([C@@H](O)CC[C@@H]3CCN(CCSc4cccs4)C[C@@H]3C(=O)O)c2c1.Cl.Cl. The topological polar surface area (TPSA) is 82.9 Å². The molecule has 1 aromatic carbocycles. The van der Waals surface area contributed by atoms with Gasteiger partial charge in [0.2, 0.25) is 0 Å². The number of likely N-dealkylation sites (tertiary alicyclic amines) is 1. The Labute approximate surface area is 226 Å². The molecule has 1 saturated heterocycles. The number of rotatable bonds is 10. The highest BCUT2D eigenvalue weighted by atomic mass is 35.5. The van der Waals surface area contributed by atoms with Gasteiger partial charge < -0.3 is 19.8 Å². The predicted octanol–water partition coefficient (Wildman–Crippen LogP) is 5.78. The molecule has 0 amide bonds. The minimum absolute atomic E-state index is 0. The van der Waals surface area contributed by atoms with Crippen LogP contribution in [0.2, 0.25) is 0 Å². The number of thiophene rings is 1. The number of aromatic nitrogens is 1. The summed E-state index contributed by atoms with van der Waals surface area (Å²) in [5, 5.41) is 23.8. The molecule has 3 aromatic rings. The number of fused-ring (bicyclic) bond motifs is 1. The number of ether oxygens (including phenoxy) is 1. The van der Waals surface area contributed by atoms with Crippen LogP contribution in [0.15, 0.2) is 52.2 Å². The molecule has 0 spiro atoms. The van der Waals surface area contributed by atoms with E-state index in [2.05, 4.69) is 27.4 Å². The van der Waals surface area contributed by atoms with Gasteiger partial charge in [-0.3, -0.25) is 9.78 Å². The monoisotopic (exact) mass is 558 g/mol. The van der Waals surface area contributed by atoms with E-state index in [4.69, 9.17) is 4.74 Å². The third-order valence-corrected chi connectivity index (χ3v) is 8.57. The molecule has 0 bridgehead atoms. The second-order valence-electron chi connectivity index (χ2n) is 8.45. The lowest BCUT2D eigenvalue weighted by Gasteiger charge is -2.36. The van der Waals surface area contributed by atoms with Crippen LogP contribution >= 0.6 is 47.9 Å². The van der Waals surface area contributed by atoms with Gasteiger partial charge in [0.1, 0.15) is 5.75 Å². The van der Waals surface area contributed by atoms with Crippen LogP contribution in [-0.4, -0.2) is 58.6 Å². The second kappa shape index (κ2) is 14.3. The number of aliphatic hydroxyl groups is 1. The van der Waals surface area contributed by atoms with Crippen molar-refractivity contribution in [3.05, 3.63) is 53.5 Å². The Morgan fingerprint density at radius 1 is 1.31 bits per heavy atom. The Morgan fingerprint density at radius 3 is 2.86 bits per heavy atom. The number of hydrogen-bond donors (Lipinski definition) is 2. The van der Waals surface area contributed by atoms with Crippen LogP contribution in [0, 0.1) is 11.8 Å². The molecule has 1 aliphatic heterocycles. The molecule has 0 unspecified atom stereocenters. The minimum atomic E-state index is -0.732. The van der Waals surface area contributed by atoms with Gasteiger partial charge in [0, 0.05) is 30.4 Å². The fraction of sp³-hybridized carbons (Fsp3) is 0.440. The minimum Gasteiger partial charge on any atom is -0.497 e. The quantitative estimate of drug-likeness (QED) is 0.305. The van der Waals surface area contributed by atoms with Crippen LogP contribution in [-0.2, 0) is 4.79 Å². The van der Waals surface area contributed by atoms with Gasteiger partial charge in [-0.1, -0.05) is 6.07 Å². The standard InChI is InChI=1S/C25H30N2O4S2.2ClH/c1-31-18-5-6-22-20(15-18)19(8-10-26-22)23(28)7-4-17-9-11-27(16-21(17)25(29)30)12-14-33-24-3-2-13-32-24;;/h2-3,5-6,8,10,13,15,17,21,23,28H,4,7,9,11-12,14,16H2,1H3,(H,29,30);2*1H/t17-,21+,23+;;/m1../s1. The fourth-order valence-electron chi connectivity index (χ4n) is 4.61. The van der Waals surface area contributed by atoms with Crippen molar-refractivity contribution < 1.29 is 19.7 Å². The largest absolute Gasteiger partial charge is 0.497 e. The Hall–Kier alpha value is -1.55. The van der Waals surface area contributed by atoms with E-state index in [-0.39, 0.29) is 30.7 Å². The van der Waals surface area contributed by atoms with Gasteiger partial charge in [0.25, 0.3) is 0 Å². The third kappa shape index (κ3) is 7.71. The van der Waals surface area contributed by atoms with E-state index in [1.165, 1.54) is 4.21 Å². The van der Waals surface area contributed by atoms with E-state index in [1.807, 2.05) is 36.0 Å². The highest BCUT2D eigenvalue weighted by Crippen LogP contribution is 2.34. The van der Waals surface area contributed by atoms with E-state index in [0.29, 0.717) is 19.4 Å². The highest BCUT2D eigenvalue weighted by Gasteiger charge is 2.34. The zero-order chi connectivity index (χ0) is 23.2. The third-order valence-electron chi connectivity index (χ3n) is 6.46. The number of aliphatic hydroxyl groups excluding tert-OH is 1. The molecule has 192 valence electrons. The van der Waals surface area contributed by atoms with Crippen LogP contribution in [0.4, 0.5) is 0 Å². The number of halogens is 2. The van der Waals surface area contributed by atoms with Crippen molar-refractivity contribution in [3.8, 4) is 5.75 Å². The van der Waals surface area contributed by atoms with Crippen molar-refractivity contribution in [1.29, 1.82) is 0 Å². The van der Waals surface area contributed by atoms with E-state index >= 15 is 0 Å². The number of nitrogens with zero attached hydrogens (tertiary/aromatic N) is 2. The number of aliphatic carboxylic acids is 1. The lowest BCUT2D eigenvalue weighted by Crippen LogP contribution is -2.44.